The van der Waals surface area contributed by atoms with E-state index < -0.39 is 0 Å². The lowest BCUT2D eigenvalue weighted by molar-refractivity contribution is -0.132. The molecule has 86 valence electrons. The summed E-state index contributed by atoms with van der Waals surface area (Å²) < 4.78 is 0. The third-order valence-electron chi connectivity index (χ3n) is 2.77. The molecule has 1 heterocycles. The van der Waals surface area contributed by atoms with Crippen LogP contribution in [-0.4, -0.2) is 28.4 Å². The molecule has 1 aromatic rings. The van der Waals surface area contributed by atoms with Gasteiger partial charge in [0, 0.05) is 37.9 Å². The molecule has 4 nitrogen and oxygen atoms in total. The lowest BCUT2D eigenvalue weighted by atomic mass is 10.2. The van der Waals surface area contributed by atoms with Crippen molar-refractivity contribution in [2.24, 2.45) is 5.73 Å². The molecule has 1 amide bonds. The van der Waals surface area contributed by atoms with Crippen molar-refractivity contribution in [1.82, 2.24) is 9.88 Å². The monoisotopic (exact) mass is 219 g/mol. The number of amides is 1. The normalized spacial score (nSPS) is 14.8. The van der Waals surface area contributed by atoms with Crippen LogP contribution in [0.5, 0.6) is 0 Å². The lowest BCUT2D eigenvalue weighted by Gasteiger charge is -2.22. The first kappa shape index (κ1) is 11.1. The molecule has 1 aliphatic carbocycles. The molecule has 16 heavy (non-hydrogen) atoms. The summed E-state index contributed by atoms with van der Waals surface area (Å²) in [4.78, 5) is 17.8. The highest BCUT2D eigenvalue weighted by molar-refractivity contribution is 5.77. The Labute approximate surface area is 95.5 Å². The van der Waals surface area contributed by atoms with Crippen molar-refractivity contribution in [3.05, 3.63) is 30.1 Å². The second-order valence-electron chi connectivity index (χ2n) is 4.15. The Bertz CT molecular complexity index is 349. The molecule has 4 heteroatoms. The second kappa shape index (κ2) is 5.07. The van der Waals surface area contributed by atoms with Crippen LogP contribution in [-0.2, 0) is 11.3 Å². The van der Waals surface area contributed by atoms with E-state index in [1.807, 2.05) is 17.0 Å². The standard InChI is InChI=1S/C12H17N3O/c13-6-3-12(16)15(11-1-2-11)9-10-4-7-14-8-5-10/h4-5,7-8,11H,1-3,6,9,13H2. The van der Waals surface area contributed by atoms with E-state index in [9.17, 15) is 4.79 Å². The molecule has 0 aromatic carbocycles. The number of pyridine rings is 1. The van der Waals surface area contributed by atoms with Crippen LogP contribution in [0.3, 0.4) is 0 Å². The Morgan fingerprint density at radius 1 is 1.44 bits per heavy atom. The van der Waals surface area contributed by atoms with E-state index in [0.717, 1.165) is 18.4 Å². The molecule has 0 spiro atoms. The van der Waals surface area contributed by atoms with Gasteiger partial charge in [-0.15, -0.1) is 0 Å². The maximum absolute atomic E-state index is 11.9. The van der Waals surface area contributed by atoms with E-state index in [1.54, 1.807) is 12.4 Å². The summed E-state index contributed by atoms with van der Waals surface area (Å²) in [6, 6.07) is 4.34. The summed E-state index contributed by atoms with van der Waals surface area (Å²) in [5.74, 6) is 0.168. The van der Waals surface area contributed by atoms with E-state index >= 15 is 0 Å². The van der Waals surface area contributed by atoms with Gasteiger partial charge in [0.2, 0.25) is 5.91 Å². The fraction of sp³-hybridized carbons (Fsp3) is 0.500. The van der Waals surface area contributed by atoms with Gasteiger partial charge in [-0.05, 0) is 30.5 Å². The molecule has 1 aromatic heterocycles. The van der Waals surface area contributed by atoms with Crippen molar-refractivity contribution in [3.8, 4) is 0 Å². The molecule has 0 aliphatic heterocycles. The van der Waals surface area contributed by atoms with Gasteiger partial charge in [-0.3, -0.25) is 9.78 Å². The van der Waals surface area contributed by atoms with Crippen LogP contribution in [0.1, 0.15) is 24.8 Å². The Morgan fingerprint density at radius 3 is 2.69 bits per heavy atom. The van der Waals surface area contributed by atoms with Gasteiger partial charge in [0.05, 0.1) is 0 Å². The predicted octanol–water partition coefficient (Wildman–Crippen LogP) is 0.921. The van der Waals surface area contributed by atoms with E-state index in [0.29, 0.717) is 25.6 Å². The van der Waals surface area contributed by atoms with Crippen molar-refractivity contribution in [2.45, 2.75) is 31.8 Å². The number of rotatable bonds is 5. The van der Waals surface area contributed by atoms with Crippen LogP contribution in [0.2, 0.25) is 0 Å². The van der Waals surface area contributed by atoms with E-state index in [4.69, 9.17) is 5.73 Å². The van der Waals surface area contributed by atoms with E-state index in [1.165, 1.54) is 0 Å². The third kappa shape index (κ3) is 2.79. The molecular weight excluding hydrogens is 202 g/mol. The number of aromatic nitrogens is 1. The van der Waals surface area contributed by atoms with E-state index in [-0.39, 0.29) is 5.91 Å². The highest BCUT2D eigenvalue weighted by Gasteiger charge is 2.31. The van der Waals surface area contributed by atoms with Crippen LogP contribution in [0.25, 0.3) is 0 Å². The maximum atomic E-state index is 11.9. The molecule has 1 fully saturated rings. The average Bonchev–Trinajstić information content (AvgIpc) is 3.11. The maximum Gasteiger partial charge on any atom is 0.224 e. The summed E-state index contributed by atoms with van der Waals surface area (Å²) in [7, 11) is 0. The van der Waals surface area contributed by atoms with Crippen molar-refractivity contribution in [2.75, 3.05) is 6.54 Å². The van der Waals surface area contributed by atoms with Gasteiger partial charge in [0.25, 0.3) is 0 Å². The van der Waals surface area contributed by atoms with Gasteiger partial charge in [-0.2, -0.15) is 0 Å². The summed E-state index contributed by atoms with van der Waals surface area (Å²) >= 11 is 0. The van der Waals surface area contributed by atoms with Gasteiger partial charge < -0.3 is 10.6 Å². The smallest absolute Gasteiger partial charge is 0.224 e. The summed E-state index contributed by atoms with van der Waals surface area (Å²) in [5.41, 5.74) is 6.56. The van der Waals surface area contributed by atoms with Crippen LogP contribution < -0.4 is 5.73 Å². The number of nitrogens with zero attached hydrogens (tertiary/aromatic N) is 2. The molecule has 1 saturated carbocycles. The minimum absolute atomic E-state index is 0.168. The third-order valence-corrected chi connectivity index (χ3v) is 2.77. The van der Waals surface area contributed by atoms with Gasteiger partial charge >= 0.3 is 0 Å². The van der Waals surface area contributed by atoms with Crippen LogP contribution in [0, 0.1) is 0 Å². The molecule has 0 atom stereocenters. The first-order chi connectivity index (χ1) is 7.81. The Balaban J connectivity index is 2.00. The lowest BCUT2D eigenvalue weighted by Crippen LogP contribution is -2.33. The zero-order chi connectivity index (χ0) is 11.4. The van der Waals surface area contributed by atoms with Crippen LogP contribution in [0.15, 0.2) is 24.5 Å². The van der Waals surface area contributed by atoms with Crippen molar-refractivity contribution in [1.29, 1.82) is 0 Å². The quantitative estimate of drug-likeness (QED) is 0.801. The van der Waals surface area contributed by atoms with Gasteiger partial charge in [-0.25, -0.2) is 0 Å². The van der Waals surface area contributed by atoms with Crippen molar-refractivity contribution in [3.63, 3.8) is 0 Å². The largest absolute Gasteiger partial charge is 0.335 e. The minimum atomic E-state index is 0.168. The summed E-state index contributed by atoms with van der Waals surface area (Å²) in [5, 5.41) is 0. The molecule has 2 N–H and O–H groups in total. The molecule has 0 unspecified atom stereocenters. The first-order valence-electron chi connectivity index (χ1n) is 5.69. The highest BCUT2D eigenvalue weighted by Crippen LogP contribution is 2.28. The summed E-state index contributed by atoms with van der Waals surface area (Å²) in [6.07, 6.45) is 6.21. The molecule has 0 saturated heterocycles. The zero-order valence-electron chi connectivity index (χ0n) is 9.30. The molecule has 2 rings (SSSR count). The Kier molecular flexibility index (Phi) is 3.51. The number of nitrogens with two attached hydrogens (primary N) is 1. The van der Waals surface area contributed by atoms with Crippen LogP contribution >= 0.6 is 0 Å². The number of hydrogen-bond donors (Lipinski definition) is 1. The fourth-order valence-corrected chi connectivity index (χ4v) is 1.76. The van der Waals surface area contributed by atoms with Gasteiger partial charge in [0.15, 0.2) is 0 Å². The second-order valence-corrected chi connectivity index (χ2v) is 4.15. The fourth-order valence-electron chi connectivity index (χ4n) is 1.76. The van der Waals surface area contributed by atoms with Crippen molar-refractivity contribution >= 4 is 5.91 Å². The predicted molar refractivity (Wildman–Crippen MR) is 61.5 cm³/mol. The van der Waals surface area contributed by atoms with Crippen LogP contribution in [0.4, 0.5) is 0 Å². The molecule has 1 aliphatic rings. The topological polar surface area (TPSA) is 59.2 Å². The highest BCUT2D eigenvalue weighted by atomic mass is 16.2. The minimum Gasteiger partial charge on any atom is -0.335 e. The average molecular weight is 219 g/mol. The Morgan fingerprint density at radius 2 is 2.12 bits per heavy atom. The SMILES string of the molecule is NCCC(=O)N(Cc1ccncc1)C1CC1. The van der Waals surface area contributed by atoms with Crippen molar-refractivity contribution < 1.29 is 4.79 Å². The van der Waals surface area contributed by atoms with E-state index in [2.05, 4.69) is 4.98 Å². The van der Waals surface area contributed by atoms with Gasteiger partial charge in [-0.1, -0.05) is 0 Å². The molecular formula is C12H17N3O. The zero-order valence-corrected chi connectivity index (χ0v) is 9.30. The number of carbonyl (C=O) groups is 1. The summed E-state index contributed by atoms with van der Waals surface area (Å²) in [6.45, 7) is 1.12. The number of carbonyl (C=O) groups excluding carboxylic acids is 1. The molecule has 0 radical (unpaired) electrons. The first-order valence-corrected chi connectivity index (χ1v) is 5.69. The Hall–Kier alpha value is -1.42. The van der Waals surface area contributed by atoms with Gasteiger partial charge in [0.1, 0.15) is 0 Å². The molecule has 0 bridgehead atoms. The number of hydrogen-bond acceptors (Lipinski definition) is 3.